The van der Waals surface area contributed by atoms with E-state index in [2.05, 4.69) is 25.7 Å². The number of benzene rings is 1. The molecule has 0 unspecified atom stereocenters. The van der Waals surface area contributed by atoms with Gasteiger partial charge in [-0.2, -0.15) is 5.10 Å². The number of nitrogens with zero attached hydrogens (tertiary/aromatic N) is 4. The molecule has 30 heavy (non-hydrogen) atoms. The topological polar surface area (TPSA) is 103 Å². The number of amides is 1. The molecule has 0 bridgehead atoms. The van der Waals surface area contributed by atoms with Gasteiger partial charge in [-0.1, -0.05) is 23.4 Å². The molecule has 0 spiro atoms. The number of nitrogens with one attached hydrogen (secondary N) is 2. The lowest BCUT2D eigenvalue weighted by Crippen LogP contribution is -2.31. The SMILES string of the molecule is COCCNc1nc(SC)nc2c1cnn2CCNC(=O)COc1ccc(Cl)cc1. The van der Waals surface area contributed by atoms with Crippen LogP contribution in [0.1, 0.15) is 0 Å². The van der Waals surface area contributed by atoms with Gasteiger partial charge in [-0.15, -0.1) is 0 Å². The van der Waals surface area contributed by atoms with Gasteiger partial charge in [0, 0.05) is 25.2 Å². The van der Waals surface area contributed by atoms with Crippen LogP contribution < -0.4 is 15.4 Å². The van der Waals surface area contributed by atoms with Crippen LogP contribution in [0.4, 0.5) is 5.82 Å². The van der Waals surface area contributed by atoms with Crippen LogP contribution in [-0.4, -0.2) is 65.3 Å². The normalized spacial score (nSPS) is 10.9. The number of carbonyl (C=O) groups excluding carboxylic acids is 1. The Morgan fingerprint density at radius 2 is 2.03 bits per heavy atom. The van der Waals surface area contributed by atoms with Gasteiger partial charge in [0.15, 0.2) is 17.4 Å². The van der Waals surface area contributed by atoms with Crippen LogP contribution in [0, 0.1) is 0 Å². The molecule has 0 saturated heterocycles. The maximum atomic E-state index is 12.0. The molecular weight excluding hydrogens is 428 g/mol. The van der Waals surface area contributed by atoms with Gasteiger partial charge in [-0.05, 0) is 30.5 Å². The summed E-state index contributed by atoms with van der Waals surface area (Å²) >= 11 is 7.28. The van der Waals surface area contributed by atoms with Crippen molar-refractivity contribution in [2.45, 2.75) is 11.7 Å². The summed E-state index contributed by atoms with van der Waals surface area (Å²) in [6.07, 6.45) is 3.64. The zero-order chi connectivity index (χ0) is 21.3. The van der Waals surface area contributed by atoms with Crippen LogP contribution in [0.5, 0.6) is 5.75 Å². The van der Waals surface area contributed by atoms with Crippen LogP contribution in [0.25, 0.3) is 11.0 Å². The Hall–Kier alpha value is -2.56. The standard InChI is InChI=1S/C19H23ClN6O3S/c1-28-10-8-22-17-15-11-23-26(18(15)25-19(24-17)30-2)9-7-21-16(27)12-29-14-5-3-13(20)4-6-14/h3-6,11H,7-10,12H2,1-2H3,(H,21,27)(H,22,24,25). The number of thioether (sulfide) groups is 1. The van der Waals surface area contributed by atoms with E-state index in [1.54, 1.807) is 42.3 Å². The lowest BCUT2D eigenvalue weighted by molar-refractivity contribution is -0.123. The van der Waals surface area contributed by atoms with Crippen molar-refractivity contribution in [2.75, 3.05) is 45.0 Å². The predicted octanol–water partition coefficient (Wildman–Crippen LogP) is 2.46. The quantitative estimate of drug-likeness (QED) is 0.261. The molecule has 0 aliphatic carbocycles. The van der Waals surface area contributed by atoms with E-state index < -0.39 is 0 Å². The molecule has 0 radical (unpaired) electrons. The minimum absolute atomic E-state index is 0.0755. The number of ether oxygens (including phenoxy) is 2. The number of hydrogen-bond acceptors (Lipinski definition) is 8. The first-order valence-corrected chi connectivity index (χ1v) is 10.9. The first-order chi connectivity index (χ1) is 14.6. The molecule has 2 aromatic heterocycles. The summed E-state index contributed by atoms with van der Waals surface area (Å²) in [4.78, 5) is 21.1. The van der Waals surface area contributed by atoms with Crippen molar-refractivity contribution in [1.82, 2.24) is 25.1 Å². The van der Waals surface area contributed by atoms with E-state index in [-0.39, 0.29) is 12.5 Å². The zero-order valence-electron chi connectivity index (χ0n) is 16.7. The number of anilines is 1. The Kier molecular flexibility index (Phi) is 8.12. The Morgan fingerprint density at radius 3 is 2.77 bits per heavy atom. The highest BCUT2D eigenvalue weighted by molar-refractivity contribution is 7.98. The molecule has 1 aromatic carbocycles. The number of carbonyl (C=O) groups is 1. The van der Waals surface area contributed by atoms with Gasteiger partial charge in [0.05, 0.1) is 24.7 Å². The third-order valence-corrected chi connectivity index (χ3v) is 4.89. The maximum Gasteiger partial charge on any atom is 0.258 e. The van der Waals surface area contributed by atoms with Crippen molar-refractivity contribution in [2.24, 2.45) is 0 Å². The molecule has 11 heteroatoms. The maximum absolute atomic E-state index is 12.0. The molecule has 3 rings (SSSR count). The lowest BCUT2D eigenvalue weighted by Gasteiger charge is -2.09. The summed E-state index contributed by atoms with van der Waals surface area (Å²) < 4.78 is 12.3. The van der Waals surface area contributed by atoms with E-state index in [0.29, 0.717) is 53.6 Å². The minimum atomic E-state index is -0.220. The number of fused-ring (bicyclic) bond motifs is 1. The Bertz CT molecular complexity index is 982. The van der Waals surface area contributed by atoms with Crippen molar-refractivity contribution in [3.63, 3.8) is 0 Å². The van der Waals surface area contributed by atoms with Crippen LogP contribution in [-0.2, 0) is 16.1 Å². The van der Waals surface area contributed by atoms with Gasteiger partial charge in [0.1, 0.15) is 11.6 Å². The van der Waals surface area contributed by atoms with Gasteiger partial charge >= 0.3 is 0 Å². The highest BCUT2D eigenvalue weighted by atomic mass is 35.5. The lowest BCUT2D eigenvalue weighted by atomic mass is 10.3. The van der Waals surface area contributed by atoms with E-state index in [1.165, 1.54) is 11.8 Å². The van der Waals surface area contributed by atoms with Crippen LogP contribution in [0.3, 0.4) is 0 Å². The first kappa shape index (κ1) is 22.1. The fourth-order valence-corrected chi connectivity index (χ4v) is 3.11. The van der Waals surface area contributed by atoms with Crippen LogP contribution in [0.15, 0.2) is 35.6 Å². The zero-order valence-corrected chi connectivity index (χ0v) is 18.3. The van der Waals surface area contributed by atoms with Crippen LogP contribution in [0.2, 0.25) is 5.02 Å². The molecule has 0 fully saturated rings. The molecule has 0 aliphatic rings. The highest BCUT2D eigenvalue weighted by Gasteiger charge is 2.13. The van der Waals surface area contributed by atoms with Gasteiger partial charge in [-0.25, -0.2) is 14.6 Å². The van der Waals surface area contributed by atoms with Crippen molar-refractivity contribution >= 4 is 46.1 Å². The van der Waals surface area contributed by atoms with Gasteiger partial charge in [0.2, 0.25) is 0 Å². The summed E-state index contributed by atoms with van der Waals surface area (Å²) in [5, 5.41) is 12.5. The van der Waals surface area contributed by atoms with E-state index >= 15 is 0 Å². The fraction of sp³-hybridized carbons (Fsp3) is 0.368. The number of rotatable bonds is 11. The molecule has 2 N–H and O–H groups in total. The van der Waals surface area contributed by atoms with E-state index in [9.17, 15) is 4.79 Å². The molecule has 0 saturated carbocycles. The third-order valence-electron chi connectivity index (χ3n) is 4.09. The second-order valence-electron chi connectivity index (χ2n) is 6.18. The summed E-state index contributed by atoms with van der Waals surface area (Å²) in [7, 11) is 1.65. The molecule has 3 aromatic rings. The molecule has 9 nitrogen and oxygen atoms in total. The summed E-state index contributed by atoms with van der Waals surface area (Å²) in [6.45, 7) is 1.99. The van der Waals surface area contributed by atoms with Gasteiger partial charge in [-0.3, -0.25) is 4.79 Å². The van der Waals surface area contributed by atoms with Crippen LogP contribution >= 0.6 is 23.4 Å². The average molecular weight is 451 g/mol. The average Bonchev–Trinajstić information content (AvgIpc) is 3.16. The van der Waals surface area contributed by atoms with Gasteiger partial charge in [0.25, 0.3) is 5.91 Å². The smallest absolute Gasteiger partial charge is 0.258 e. The van der Waals surface area contributed by atoms with E-state index in [1.807, 2.05) is 6.26 Å². The molecule has 0 atom stereocenters. The van der Waals surface area contributed by atoms with Crippen molar-refractivity contribution < 1.29 is 14.3 Å². The molecule has 160 valence electrons. The molecule has 1 amide bonds. The monoisotopic (exact) mass is 450 g/mol. The predicted molar refractivity (Wildman–Crippen MR) is 117 cm³/mol. The molecule has 0 aliphatic heterocycles. The second kappa shape index (κ2) is 11.0. The molecule has 2 heterocycles. The van der Waals surface area contributed by atoms with Crippen molar-refractivity contribution in [3.05, 3.63) is 35.5 Å². The van der Waals surface area contributed by atoms with E-state index in [4.69, 9.17) is 21.1 Å². The Balaban J connectivity index is 1.56. The number of aromatic nitrogens is 4. The third kappa shape index (κ3) is 5.97. The Morgan fingerprint density at radius 1 is 1.23 bits per heavy atom. The number of methoxy groups -OCH3 is 1. The summed E-state index contributed by atoms with van der Waals surface area (Å²) in [6, 6.07) is 6.85. The van der Waals surface area contributed by atoms with Gasteiger partial charge < -0.3 is 20.1 Å². The van der Waals surface area contributed by atoms with Crippen molar-refractivity contribution in [3.8, 4) is 5.75 Å². The van der Waals surface area contributed by atoms with Crippen molar-refractivity contribution in [1.29, 1.82) is 0 Å². The first-order valence-electron chi connectivity index (χ1n) is 9.26. The van der Waals surface area contributed by atoms with E-state index in [0.717, 1.165) is 5.39 Å². The second-order valence-corrected chi connectivity index (χ2v) is 7.39. The minimum Gasteiger partial charge on any atom is -0.484 e. The summed E-state index contributed by atoms with van der Waals surface area (Å²) in [5.74, 6) is 1.08. The molecular formula is C19H23ClN6O3S. The summed E-state index contributed by atoms with van der Waals surface area (Å²) in [5.41, 5.74) is 0.709. The fourth-order valence-electron chi connectivity index (χ4n) is 2.63. The number of hydrogen-bond donors (Lipinski definition) is 2. The largest absolute Gasteiger partial charge is 0.484 e. The Labute approximate surface area is 183 Å². The number of halogens is 1. The highest BCUT2D eigenvalue weighted by Crippen LogP contribution is 2.23.